The summed E-state index contributed by atoms with van der Waals surface area (Å²) in [7, 11) is 0. The molecule has 7 heteroatoms. The number of anilines is 6. The Balaban J connectivity index is 1.17. The second kappa shape index (κ2) is 14.9. The van der Waals surface area contributed by atoms with Crippen LogP contribution >= 0.6 is 0 Å². The number of para-hydroxylation sites is 2. The minimum atomic E-state index is -0.106. The Morgan fingerprint density at radius 1 is 0.493 bits per heavy atom. The molecule has 67 heavy (non-hydrogen) atoms. The fourth-order valence-corrected chi connectivity index (χ4v) is 10.8. The van der Waals surface area contributed by atoms with E-state index in [1.807, 2.05) is 24.3 Å². The lowest BCUT2D eigenvalue weighted by Crippen LogP contribution is -2.61. The molecule has 9 aromatic rings. The van der Waals surface area contributed by atoms with Gasteiger partial charge in [-0.15, -0.1) is 0 Å². The molecule has 3 aliphatic heterocycles. The maximum absolute atomic E-state index is 6.65. The average Bonchev–Trinajstić information content (AvgIpc) is 3.87. The summed E-state index contributed by atoms with van der Waals surface area (Å²) in [6, 6.07) is 48.8. The maximum atomic E-state index is 6.65. The topological polar surface area (TPSA) is 51.2 Å². The summed E-state index contributed by atoms with van der Waals surface area (Å²) in [5, 5.41) is 2.13. The van der Waals surface area contributed by atoms with Crippen LogP contribution in [0.5, 0.6) is 11.5 Å². The summed E-state index contributed by atoms with van der Waals surface area (Å²) < 4.78 is 26.4. The molecule has 12 rings (SSSR count). The van der Waals surface area contributed by atoms with Crippen molar-refractivity contribution in [1.29, 1.82) is 0 Å². The first-order chi connectivity index (χ1) is 32.2. The van der Waals surface area contributed by atoms with Crippen molar-refractivity contribution in [3.8, 4) is 34.1 Å². The molecule has 7 aromatic carbocycles. The quantitative estimate of drug-likeness (QED) is 0.164. The lowest BCUT2D eigenvalue weighted by Gasteiger charge is -2.45. The summed E-state index contributed by atoms with van der Waals surface area (Å²) in [4.78, 5) is 5.03. The predicted molar refractivity (Wildman–Crippen MR) is 278 cm³/mol. The lowest BCUT2D eigenvalue weighted by molar-refractivity contribution is 0.297. The second-order valence-corrected chi connectivity index (χ2v) is 21.0. The molecule has 0 N–H and O–H groups in total. The van der Waals surface area contributed by atoms with E-state index in [0.29, 0.717) is 13.2 Å². The molecule has 0 amide bonds. The SMILES string of the molecule is Cc1cc2c3c(c1)N(c1c(C)cc(C(C)(C)C)cc1C)c1cc4c(cc1B3c1cc(C(C)(C)C)ccc1N2c1cc(-c2cc3ccccc3o2)cc(-c2cc3ccccc3o2)c1)OCCCO4. The average molecular weight is 879 g/mol. The van der Waals surface area contributed by atoms with E-state index in [0.717, 1.165) is 85.3 Å². The zero-order valence-corrected chi connectivity index (χ0v) is 39.9. The molecule has 0 saturated carbocycles. The first-order valence-corrected chi connectivity index (χ1v) is 23.8. The summed E-state index contributed by atoms with van der Waals surface area (Å²) in [6.07, 6.45) is 0.832. The number of benzene rings is 7. The summed E-state index contributed by atoms with van der Waals surface area (Å²) in [6.45, 7) is 21.7. The summed E-state index contributed by atoms with van der Waals surface area (Å²) in [5.74, 6) is 3.20. The van der Waals surface area contributed by atoms with E-state index in [1.54, 1.807) is 0 Å². The monoisotopic (exact) mass is 878 g/mol. The number of ether oxygens (including phenoxy) is 2. The van der Waals surface area contributed by atoms with Gasteiger partial charge in [0.15, 0.2) is 11.5 Å². The van der Waals surface area contributed by atoms with Crippen LogP contribution in [0.25, 0.3) is 44.6 Å². The normalized spacial score (nSPS) is 14.3. The number of hydrogen-bond acceptors (Lipinski definition) is 6. The van der Waals surface area contributed by atoms with Crippen molar-refractivity contribution >= 4 is 79.2 Å². The van der Waals surface area contributed by atoms with Gasteiger partial charge < -0.3 is 28.1 Å². The van der Waals surface area contributed by atoms with E-state index in [-0.39, 0.29) is 17.5 Å². The zero-order chi connectivity index (χ0) is 46.1. The van der Waals surface area contributed by atoms with Gasteiger partial charge in [0.25, 0.3) is 6.71 Å². The highest BCUT2D eigenvalue weighted by Crippen LogP contribution is 2.50. The Hall–Kier alpha value is -7.12. The fourth-order valence-electron chi connectivity index (χ4n) is 10.8. The third-order valence-electron chi connectivity index (χ3n) is 14.1. The van der Waals surface area contributed by atoms with Crippen LogP contribution in [0.3, 0.4) is 0 Å². The highest BCUT2D eigenvalue weighted by molar-refractivity contribution is 7.00. The van der Waals surface area contributed by atoms with Crippen molar-refractivity contribution in [2.75, 3.05) is 23.0 Å². The Labute approximate surface area is 393 Å². The minimum Gasteiger partial charge on any atom is -0.490 e. The van der Waals surface area contributed by atoms with Gasteiger partial charge in [-0.05, 0) is 143 Å². The molecular formula is C60H55BN2O4. The van der Waals surface area contributed by atoms with Crippen LogP contribution in [0, 0.1) is 20.8 Å². The number of nitrogens with zero attached hydrogens (tertiary/aromatic N) is 2. The van der Waals surface area contributed by atoms with Crippen LogP contribution in [0.2, 0.25) is 0 Å². The highest BCUT2D eigenvalue weighted by Gasteiger charge is 2.45. The Morgan fingerprint density at radius 2 is 1.04 bits per heavy atom. The van der Waals surface area contributed by atoms with Gasteiger partial charge in [-0.3, -0.25) is 0 Å². The highest BCUT2D eigenvalue weighted by atomic mass is 16.5. The van der Waals surface area contributed by atoms with Gasteiger partial charge in [-0.1, -0.05) is 102 Å². The molecule has 0 radical (unpaired) electrons. The van der Waals surface area contributed by atoms with Gasteiger partial charge in [0, 0.05) is 62.8 Å². The van der Waals surface area contributed by atoms with Gasteiger partial charge in [-0.25, -0.2) is 0 Å². The van der Waals surface area contributed by atoms with Crippen LogP contribution in [-0.2, 0) is 10.8 Å². The molecule has 6 nitrogen and oxygen atoms in total. The van der Waals surface area contributed by atoms with Crippen LogP contribution in [0.15, 0.2) is 142 Å². The smallest absolute Gasteiger partial charge is 0.252 e. The van der Waals surface area contributed by atoms with Gasteiger partial charge in [0.05, 0.1) is 18.9 Å². The molecule has 5 heterocycles. The number of fused-ring (bicyclic) bond motifs is 7. The molecule has 332 valence electrons. The van der Waals surface area contributed by atoms with E-state index in [1.165, 1.54) is 55.6 Å². The van der Waals surface area contributed by atoms with E-state index >= 15 is 0 Å². The Kier molecular flexibility index (Phi) is 9.22. The molecule has 3 aliphatic rings. The standard InChI is InChI=1S/C60H55BN2O4/c1-35-23-49-57-50(24-35)63(58-36(2)25-43(26-37(58)3)60(7,8)9)48-34-56-55(64-21-14-22-65-56)33-46(48)61(57)45-32-42(59(4,5)6)19-20-47(45)62(49)44-28-40(53-30-38-15-10-12-17-51(38)66-53)27-41(29-44)54-31-39-16-11-13-18-52(39)67-54/h10-13,15-20,23-34H,14,21-22H2,1-9H3. The minimum absolute atomic E-state index is 0.00292. The second-order valence-electron chi connectivity index (χ2n) is 21.0. The zero-order valence-electron chi connectivity index (χ0n) is 39.9. The molecule has 0 fully saturated rings. The molecule has 0 bridgehead atoms. The summed E-state index contributed by atoms with van der Waals surface area (Å²) in [5.41, 5.74) is 20.3. The molecule has 0 aliphatic carbocycles. The van der Waals surface area contributed by atoms with Gasteiger partial charge >= 0.3 is 0 Å². The van der Waals surface area contributed by atoms with E-state index in [2.05, 4.69) is 181 Å². The lowest BCUT2D eigenvalue weighted by atomic mass is 9.33. The van der Waals surface area contributed by atoms with Crippen molar-refractivity contribution < 1.29 is 18.3 Å². The van der Waals surface area contributed by atoms with Crippen LogP contribution < -0.4 is 35.7 Å². The largest absolute Gasteiger partial charge is 0.490 e. The number of rotatable bonds is 4. The molecule has 2 aromatic heterocycles. The van der Waals surface area contributed by atoms with Crippen molar-refractivity contribution in [2.45, 2.75) is 79.6 Å². The first-order valence-electron chi connectivity index (χ1n) is 23.8. The molecule has 0 spiro atoms. The third kappa shape index (κ3) is 6.76. The van der Waals surface area contributed by atoms with Gasteiger partial charge in [0.2, 0.25) is 0 Å². The molecule has 0 atom stereocenters. The van der Waals surface area contributed by atoms with E-state index < -0.39 is 0 Å². The Morgan fingerprint density at radius 3 is 1.63 bits per heavy atom. The van der Waals surface area contributed by atoms with Crippen molar-refractivity contribution in [1.82, 2.24) is 0 Å². The number of furan rings is 2. The number of aryl methyl sites for hydroxylation is 3. The fraction of sp³-hybridized carbons (Fsp3) is 0.233. The third-order valence-corrected chi connectivity index (χ3v) is 14.1. The number of hydrogen-bond donors (Lipinski definition) is 0. The van der Waals surface area contributed by atoms with Gasteiger partial charge in [0.1, 0.15) is 22.7 Å². The summed E-state index contributed by atoms with van der Waals surface area (Å²) >= 11 is 0. The van der Waals surface area contributed by atoms with Crippen LogP contribution in [0.4, 0.5) is 34.1 Å². The maximum Gasteiger partial charge on any atom is 0.252 e. The van der Waals surface area contributed by atoms with Crippen LogP contribution in [0.1, 0.15) is 75.8 Å². The molecule has 0 saturated heterocycles. The van der Waals surface area contributed by atoms with Crippen LogP contribution in [-0.4, -0.2) is 19.9 Å². The van der Waals surface area contributed by atoms with E-state index in [9.17, 15) is 0 Å². The van der Waals surface area contributed by atoms with Crippen molar-refractivity contribution in [3.63, 3.8) is 0 Å². The molecular weight excluding hydrogens is 823 g/mol. The van der Waals surface area contributed by atoms with Crippen molar-refractivity contribution in [3.05, 3.63) is 161 Å². The van der Waals surface area contributed by atoms with Gasteiger partial charge in [-0.2, -0.15) is 0 Å². The van der Waals surface area contributed by atoms with E-state index in [4.69, 9.17) is 18.3 Å². The first kappa shape index (κ1) is 41.3. The van der Waals surface area contributed by atoms with Crippen molar-refractivity contribution in [2.24, 2.45) is 0 Å². The Bertz CT molecular complexity index is 3310. The molecule has 0 unspecified atom stereocenters. The predicted octanol–water partition coefficient (Wildman–Crippen LogP) is 14.3.